The molecular formula is C62H103O11P. The zero-order valence-electron chi connectivity index (χ0n) is 46.5. The maximum atomic E-state index is 12.9. The van der Waals surface area contributed by atoms with Crippen molar-refractivity contribution in [1.29, 1.82) is 0 Å². The lowest BCUT2D eigenvalue weighted by Gasteiger charge is -2.21. The molecule has 0 aromatic carbocycles. The van der Waals surface area contributed by atoms with E-state index in [0.29, 0.717) is 19.3 Å². The molecule has 0 aliphatic rings. The van der Waals surface area contributed by atoms with Gasteiger partial charge in [0.25, 0.3) is 0 Å². The average molecular weight is 1060 g/mol. The molecule has 0 rings (SSSR count). The Morgan fingerprint density at radius 2 is 0.703 bits per heavy atom. The van der Waals surface area contributed by atoms with Crippen LogP contribution in [0.4, 0.5) is 0 Å². The molecule has 0 bridgehead atoms. The van der Waals surface area contributed by atoms with Gasteiger partial charge in [0, 0.05) is 19.3 Å². The zero-order valence-corrected chi connectivity index (χ0v) is 47.4. The van der Waals surface area contributed by atoms with E-state index in [0.717, 1.165) is 128 Å². The van der Waals surface area contributed by atoms with Crippen molar-refractivity contribution in [2.24, 2.45) is 0 Å². The summed E-state index contributed by atoms with van der Waals surface area (Å²) in [4.78, 5) is 48.5. The molecule has 0 heterocycles. The van der Waals surface area contributed by atoms with Crippen molar-refractivity contribution in [3.05, 3.63) is 109 Å². The Hall–Kier alpha value is -3.86. The molecule has 3 unspecified atom stereocenters. The van der Waals surface area contributed by atoms with Gasteiger partial charge in [-0.1, -0.05) is 194 Å². The average Bonchev–Trinajstić information content (AvgIpc) is 3.39. The van der Waals surface area contributed by atoms with E-state index in [9.17, 15) is 28.9 Å². The zero-order chi connectivity index (χ0) is 54.1. The third kappa shape index (κ3) is 53.0. The molecule has 11 nitrogen and oxygen atoms in total. The van der Waals surface area contributed by atoms with Crippen LogP contribution in [-0.2, 0) is 42.2 Å². The number of phosphoric ester groups is 1. The summed E-state index contributed by atoms with van der Waals surface area (Å²) in [6.07, 6.45) is 66.2. The molecule has 0 aliphatic carbocycles. The fourth-order valence-electron chi connectivity index (χ4n) is 7.33. The van der Waals surface area contributed by atoms with Crippen molar-refractivity contribution < 1.29 is 52.2 Å². The minimum atomic E-state index is -4.77. The number of esters is 3. The van der Waals surface area contributed by atoms with E-state index >= 15 is 0 Å². The van der Waals surface area contributed by atoms with Crippen LogP contribution in [0.2, 0.25) is 0 Å². The number of unbranched alkanes of at least 4 members (excludes halogenated alkanes) is 17. The molecule has 2 N–H and O–H groups in total. The van der Waals surface area contributed by atoms with Crippen LogP contribution in [0.5, 0.6) is 0 Å². The largest absolute Gasteiger partial charge is 0.472 e. The second-order valence-corrected chi connectivity index (χ2v) is 20.1. The first-order chi connectivity index (χ1) is 36.2. The number of carbonyl (C=O) groups is 3. The lowest BCUT2D eigenvalue weighted by atomic mass is 10.1. The summed E-state index contributed by atoms with van der Waals surface area (Å²) in [5.74, 6) is -1.56. The maximum Gasteiger partial charge on any atom is 0.472 e. The summed E-state index contributed by atoms with van der Waals surface area (Å²) >= 11 is 0. The smallest absolute Gasteiger partial charge is 0.462 e. The Bertz CT molecular complexity index is 1660. The van der Waals surface area contributed by atoms with Crippen LogP contribution >= 0.6 is 7.82 Å². The van der Waals surface area contributed by atoms with Crippen LogP contribution in [0.25, 0.3) is 0 Å². The van der Waals surface area contributed by atoms with E-state index in [-0.39, 0.29) is 25.9 Å². The highest BCUT2D eigenvalue weighted by atomic mass is 31.2. The van der Waals surface area contributed by atoms with E-state index in [1.165, 1.54) is 38.5 Å². The second-order valence-electron chi connectivity index (χ2n) is 18.7. The van der Waals surface area contributed by atoms with E-state index in [2.05, 4.69) is 130 Å². The molecule has 422 valence electrons. The van der Waals surface area contributed by atoms with Gasteiger partial charge in [-0.05, 0) is 122 Å². The van der Waals surface area contributed by atoms with Crippen LogP contribution in [0.3, 0.4) is 0 Å². The molecule has 0 aromatic rings. The maximum absolute atomic E-state index is 12.9. The van der Waals surface area contributed by atoms with E-state index < -0.39 is 57.8 Å². The van der Waals surface area contributed by atoms with Gasteiger partial charge >= 0.3 is 25.7 Å². The number of hydrogen-bond donors (Lipinski definition) is 2. The summed E-state index contributed by atoms with van der Waals surface area (Å²) in [6, 6.07) is 0. The molecule has 12 heteroatoms. The number of carbonyl (C=O) groups excluding carboxylic acids is 3. The van der Waals surface area contributed by atoms with Gasteiger partial charge in [-0.2, -0.15) is 0 Å². The van der Waals surface area contributed by atoms with Crippen LogP contribution in [0.15, 0.2) is 109 Å². The molecule has 0 saturated heterocycles. The number of ether oxygens (including phenoxy) is 3. The molecule has 0 fully saturated rings. The van der Waals surface area contributed by atoms with Crippen LogP contribution in [0.1, 0.15) is 226 Å². The van der Waals surface area contributed by atoms with Gasteiger partial charge < -0.3 is 24.2 Å². The summed E-state index contributed by atoms with van der Waals surface area (Å²) in [6.45, 7) is 4.32. The van der Waals surface area contributed by atoms with E-state index in [1.807, 2.05) is 0 Å². The van der Waals surface area contributed by atoms with Crippen molar-refractivity contribution >= 4 is 25.7 Å². The fraction of sp³-hybridized carbons (Fsp3) is 0.661. The molecule has 0 aliphatic heterocycles. The molecular weight excluding hydrogens is 952 g/mol. The van der Waals surface area contributed by atoms with Gasteiger partial charge in [0.2, 0.25) is 0 Å². The minimum absolute atomic E-state index is 0.116. The molecule has 74 heavy (non-hydrogen) atoms. The molecule has 0 amide bonds. The van der Waals surface area contributed by atoms with Gasteiger partial charge in [-0.15, -0.1) is 0 Å². The first-order valence-corrected chi connectivity index (χ1v) is 30.3. The highest BCUT2D eigenvalue weighted by Gasteiger charge is 2.28. The molecule has 3 atom stereocenters. The van der Waals surface area contributed by atoms with Crippen molar-refractivity contribution in [2.45, 2.75) is 238 Å². The number of hydrogen-bond acceptors (Lipinski definition) is 10. The SMILES string of the molecule is CC/C=C\C/C=C\C/C=C\C/C=C\C/C=C\CCCCCC(=O)OC(COC(=O)CCCCC/C=C\C/C=C\C/C=C\CC)COP(=O)(O)OCC(CO)OC(=O)CCCCCCC/C=C\CCCCCCCC. The highest BCUT2D eigenvalue weighted by molar-refractivity contribution is 7.47. The van der Waals surface area contributed by atoms with Crippen molar-refractivity contribution in [2.75, 3.05) is 26.4 Å². The molecule has 0 radical (unpaired) electrons. The monoisotopic (exact) mass is 1050 g/mol. The summed E-state index contributed by atoms with van der Waals surface area (Å²) in [5.41, 5.74) is 0. The Kier molecular flexibility index (Phi) is 52.5. The Balaban J connectivity index is 4.82. The van der Waals surface area contributed by atoms with Crippen LogP contribution in [-0.4, -0.2) is 66.5 Å². The van der Waals surface area contributed by atoms with Crippen molar-refractivity contribution in [3.8, 4) is 0 Å². The summed E-state index contributed by atoms with van der Waals surface area (Å²) in [7, 11) is -4.77. The number of aliphatic hydroxyl groups excluding tert-OH is 1. The predicted octanol–water partition coefficient (Wildman–Crippen LogP) is 17.0. The van der Waals surface area contributed by atoms with Gasteiger partial charge in [-0.3, -0.25) is 23.4 Å². The summed E-state index contributed by atoms with van der Waals surface area (Å²) in [5, 5.41) is 9.81. The molecule has 0 aromatic heterocycles. The molecule has 0 saturated carbocycles. The highest BCUT2D eigenvalue weighted by Crippen LogP contribution is 2.43. The van der Waals surface area contributed by atoms with E-state index in [4.69, 9.17) is 23.3 Å². The standard InChI is InChI=1S/C62H103O11P/c1-4-7-10-13-16-19-22-25-27-28-29-30-32-35-38-41-44-47-50-53-62(66)73-59(55-69-60(64)51-48-45-42-39-36-33-24-21-18-15-12-9-6-3)57-71-74(67,68)70-56-58(54-63)72-61(65)52-49-46-43-40-37-34-31-26-23-20-17-14-11-8-5-2/h7,9-10,12,16,18-19,21,25-27,29-31,33,35-36,38,58-59,63H,4-6,8,11,13-15,17,20,22-24,28,32,34,37,39-57H2,1-3H3,(H,67,68)/b10-7-,12-9-,19-16-,21-18-,27-25-,30-29-,31-26-,36-33-,38-35-. The third-order valence-electron chi connectivity index (χ3n) is 11.7. The van der Waals surface area contributed by atoms with Crippen molar-refractivity contribution in [3.63, 3.8) is 0 Å². The predicted molar refractivity (Wildman–Crippen MR) is 307 cm³/mol. The normalized spacial score (nSPS) is 14.2. The van der Waals surface area contributed by atoms with Gasteiger partial charge in [0.15, 0.2) is 6.10 Å². The number of rotatable bonds is 52. The summed E-state index contributed by atoms with van der Waals surface area (Å²) < 4.78 is 39.4. The van der Waals surface area contributed by atoms with Crippen molar-refractivity contribution in [1.82, 2.24) is 0 Å². The van der Waals surface area contributed by atoms with Crippen LogP contribution in [0, 0.1) is 0 Å². The lowest BCUT2D eigenvalue weighted by Crippen LogP contribution is -2.30. The van der Waals surface area contributed by atoms with E-state index in [1.54, 1.807) is 0 Å². The number of phosphoric acid groups is 1. The topological polar surface area (TPSA) is 155 Å². The van der Waals surface area contributed by atoms with Gasteiger partial charge in [0.05, 0.1) is 19.8 Å². The second kappa shape index (κ2) is 55.4. The molecule has 0 spiro atoms. The Labute approximate surface area is 450 Å². The fourth-order valence-corrected chi connectivity index (χ4v) is 8.12. The third-order valence-corrected chi connectivity index (χ3v) is 12.6. The first-order valence-electron chi connectivity index (χ1n) is 28.8. The minimum Gasteiger partial charge on any atom is -0.462 e. The number of allylic oxidation sites excluding steroid dienone is 18. The first kappa shape index (κ1) is 70.1. The lowest BCUT2D eigenvalue weighted by molar-refractivity contribution is -0.161. The quantitative estimate of drug-likeness (QED) is 0.0197. The number of aliphatic hydroxyl groups is 1. The van der Waals surface area contributed by atoms with Gasteiger partial charge in [0.1, 0.15) is 12.7 Å². The Morgan fingerprint density at radius 1 is 0.392 bits per heavy atom. The van der Waals surface area contributed by atoms with Gasteiger partial charge in [-0.25, -0.2) is 4.57 Å². The van der Waals surface area contributed by atoms with Crippen LogP contribution < -0.4 is 0 Å². The Morgan fingerprint density at radius 3 is 1.11 bits per heavy atom.